The molecule has 0 spiro atoms. The van der Waals surface area contributed by atoms with Crippen LogP contribution in [0.15, 0.2) is 83.3 Å². The lowest BCUT2D eigenvalue weighted by Gasteiger charge is -2.07. The molecule has 5 heteroatoms. The monoisotopic (exact) mass is 431 g/mol. The van der Waals surface area contributed by atoms with Crippen LogP contribution >= 0.6 is 0 Å². The van der Waals surface area contributed by atoms with Crippen LogP contribution in [0.5, 0.6) is 11.5 Å². The summed E-state index contributed by atoms with van der Waals surface area (Å²) < 4.78 is 11.5. The highest BCUT2D eigenvalue weighted by Crippen LogP contribution is 2.22. The molecule has 0 atom stereocenters. The second-order valence-electron chi connectivity index (χ2n) is 7.76. The van der Waals surface area contributed by atoms with Gasteiger partial charge in [-0.2, -0.15) is 10.2 Å². The van der Waals surface area contributed by atoms with E-state index < -0.39 is 0 Å². The minimum absolute atomic E-state index is 0.719. The highest BCUT2D eigenvalue weighted by molar-refractivity contribution is 5.43. The second-order valence-corrected chi connectivity index (χ2v) is 7.76. The number of azo groups is 1. The van der Waals surface area contributed by atoms with Crippen LogP contribution in [0.3, 0.4) is 0 Å². The minimum Gasteiger partial charge on any atom is -0.494 e. The van der Waals surface area contributed by atoms with E-state index in [4.69, 9.17) is 9.47 Å². The zero-order chi connectivity index (χ0) is 22.3. The molecule has 0 saturated carbocycles. The van der Waals surface area contributed by atoms with Crippen molar-refractivity contribution in [1.29, 1.82) is 0 Å². The molecule has 1 heterocycles. The number of aromatic nitrogens is 1. The molecule has 0 saturated heterocycles. The van der Waals surface area contributed by atoms with E-state index in [1.165, 1.54) is 18.4 Å². The maximum absolute atomic E-state index is 5.83. The summed E-state index contributed by atoms with van der Waals surface area (Å²) >= 11 is 0. The van der Waals surface area contributed by atoms with Crippen LogP contribution in [0.2, 0.25) is 0 Å². The lowest BCUT2D eigenvalue weighted by molar-refractivity contribution is 0.287. The number of hydrogen-bond donors (Lipinski definition) is 0. The van der Waals surface area contributed by atoms with Gasteiger partial charge in [0.25, 0.3) is 0 Å². The number of nitrogens with zero attached hydrogens (tertiary/aromatic N) is 3. The summed E-state index contributed by atoms with van der Waals surface area (Å²) in [4.78, 5) is 3.98. The fraction of sp³-hybridized carbons (Fsp3) is 0.370. The molecule has 0 fully saturated rings. The first-order chi connectivity index (χ1) is 15.8. The van der Waals surface area contributed by atoms with Gasteiger partial charge in [-0.15, -0.1) is 0 Å². The van der Waals surface area contributed by atoms with Gasteiger partial charge < -0.3 is 9.47 Å². The van der Waals surface area contributed by atoms with Crippen molar-refractivity contribution < 1.29 is 9.47 Å². The highest BCUT2D eigenvalue weighted by atomic mass is 16.5. The molecule has 0 aliphatic rings. The molecule has 0 bridgehead atoms. The van der Waals surface area contributed by atoms with Crippen molar-refractivity contribution in [3.8, 4) is 11.5 Å². The molecular formula is C27H33N3O2. The SMILES string of the molecule is CCCCc1ccc(N=Nc2ccc(OCCCCCCOc3ccncc3)cc2)cc1. The van der Waals surface area contributed by atoms with E-state index in [-0.39, 0.29) is 0 Å². The fourth-order valence-electron chi connectivity index (χ4n) is 3.21. The first-order valence-corrected chi connectivity index (χ1v) is 11.6. The van der Waals surface area contributed by atoms with Gasteiger partial charge in [0.05, 0.1) is 24.6 Å². The van der Waals surface area contributed by atoms with Crippen LogP contribution in [-0.2, 0) is 6.42 Å². The van der Waals surface area contributed by atoms with Crippen molar-refractivity contribution in [3.63, 3.8) is 0 Å². The van der Waals surface area contributed by atoms with Gasteiger partial charge in [-0.3, -0.25) is 4.98 Å². The third-order valence-corrected chi connectivity index (χ3v) is 5.10. The molecule has 2 aromatic carbocycles. The van der Waals surface area contributed by atoms with Crippen LogP contribution in [0.25, 0.3) is 0 Å². The molecule has 0 N–H and O–H groups in total. The van der Waals surface area contributed by atoms with Crippen molar-refractivity contribution >= 4 is 11.4 Å². The quantitative estimate of drug-likeness (QED) is 0.193. The Hall–Kier alpha value is -3.21. The molecule has 32 heavy (non-hydrogen) atoms. The van der Waals surface area contributed by atoms with E-state index in [0.29, 0.717) is 0 Å². The standard InChI is InChI=1S/C27H33N3O2/c1-2-3-8-23-9-11-24(12-10-23)29-30-25-13-15-26(16-14-25)31-21-6-4-5-7-22-32-27-17-19-28-20-18-27/h9-20H,2-8,21-22H2,1H3. The minimum atomic E-state index is 0.719. The average molecular weight is 432 g/mol. The van der Waals surface area contributed by atoms with Gasteiger partial charge in [-0.05, 0) is 92.6 Å². The molecule has 0 unspecified atom stereocenters. The van der Waals surface area contributed by atoms with E-state index in [0.717, 1.165) is 68.2 Å². The summed E-state index contributed by atoms with van der Waals surface area (Å²) in [5, 5.41) is 8.65. The first-order valence-electron chi connectivity index (χ1n) is 11.6. The van der Waals surface area contributed by atoms with E-state index in [1.54, 1.807) is 12.4 Å². The molecule has 168 valence electrons. The van der Waals surface area contributed by atoms with Gasteiger partial charge in [0.1, 0.15) is 11.5 Å². The lowest BCUT2D eigenvalue weighted by Crippen LogP contribution is -1.99. The molecule has 0 amide bonds. The third kappa shape index (κ3) is 8.88. The van der Waals surface area contributed by atoms with Crippen molar-refractivity contribution in [1.82, 2.24) is 4.98 Å². The Balaban J connectivity index is 1.28. The normalized spacial score (nSPS) is 11.0. The van der Waals surface area contributed by atoms with Gasteiger partial charge in [-0.1, -0.05) is 25.5 Å². The Labute approximate surface area is 191 Å². The van der Waals surface area contributed by atoms with Crippen LogP contribution in [0, 0.1) is 0 Å². The number of ether oxygens (including phenoxy) is 2. The Kier molecular flexibility index (Phi) is 10.2. The zero-order valence-corrected chi connectivity index (χ0v) is 19.0. The molecule has 0 aliphatic carbocycles. The Morgan fingerprint density at radius 3 is 1.72 bits per heavy atom. The number of pyridine rings is 1. The maximum atomic E-state index is 5.83. The number of hydrogen-bond acceptors (Lipinski definition) is 5. The van der Waals surface area contributed by atoms with E-state index in [1.807, 2.05) is 48.5 Å². The molecule has 0 radical (unpaired) electrons. The van der Waals surface area contributed by atoms with E-state index in [9.17, 15) is 0 Å². The summed E-state index contributed by atoms with van der Waals surface area (Å²) in [6.45, 7) is 3.67. The van der Waals surface area contributed by atoms with Crippen molar-refractivity contribution in [2.24, 2.45) is 10.2 Å². The number of aryl methyl sites for hydroxylation is 1. The lowest BCUT2D eigenvalue weighted by atomic mass is 10.1. The smallest absolute Gasteiger partial charge is 0.122 e. The highest BCUT2D eigenvalue weighted by Gasteiger charge is 1.98. The molecule has 1 aromatic heterocycles. The molecule has 3 aromatic rings. The predicted molar refractivity (Wildman–Crippen MR) is 129 cm³/mol. The van der Waals surface area contributed by atoms with Gasteiger partial charge in [0.15, 0.2) is 0 Å². The second kappa shape index (κ2) is 14.0. The topological polar surface area (TPSA) is 56.1 Å². The molecule has 0 aliphatic heterocycles. The van der Waals surface area contributed by atoms with Crippen molar-refractivity contribution in [3.05, 3.63) is 78.6 Å². The number of rotatable bonds is 14. The van der Waals surface area contributed by atoms with Crippen molar-refractivity contribution in [2.75, 3.05) is 13.2 Å². The summed E-state index contributed by atoms with van der Waals surface area (Å²) in [7, 11) is 0. The predicted octanol–water partition coefficient (Wildman–Crippen LogP) is 7.86. The van der Waals surface area contributed by atoms with Gasteiger partial charge >= 0.3 is 0 Å². The fourth-order valence-corrected chi connectivity index (χ4v) is 3.21. The molecule has 5 nitrogen and oxygen atoms in total. The van der Waals surface area contributed by atoms with Crippen LogP contribution < -0.4 is 9.47 Å². The maximum Gasteiger partial charge on any atom is 0.122 e. The van der Waals surface area contributed by atoms with E-state index in [2.05, 4.69) is 34.3 Å². The summed E-state index contributed by atoms with van der Waals surface area (Å²) in [6, 6.07) is 19.8. The molecular weight excluding hydrogens is 398 g/mol. The van der Waals surface area contributed by atoms with Crippen molar-refractivity contribution in [2.45, 2.75) is 51.9 Å². The average Bonchev–Trinajstić information content (AvgIpc) is 2.85. The molecule has 3 rings (SSSR count). The number of benzene rings is 2. The Morgan fingerprint density at radius 1 is 0.625 bits per heavy atom. The van der Waals surface area contributed by atoms with Crippen LogP contribution in [-0.4, -0.2) is 18.2 Å². The Bertz CT molecular complexity index is 910. The van der Waals surface area contributed by atoms with Gasteiger partial charge in [0.2, 0.25) is 0 Å². The van der Waals surface area contributed by atoms with E-state index >= 15 is 0 Å². The largest absolute Gasteiger partial charge is 0.494 e. The summed E-state index contributed by atoms with van der Waals surface area (Å²) in [5.74, 6) is 1.75. The van der Waals surface area contributed by atoms with Crippen LogP contribution in [0.1, 0.15) is 51.0 Å². The third-order valence-electron chi connectivity index (χ3n) is 5.10. The van der Waals surface area contributed by atoms with Gasteiger partial charge in [-0.25, -0.2) is 0 Å². The summed E-state index contributed by atoms with van der Waals surface area (Å²) in [6.07, 6.45) is 11.4. The van der Waals surface area contributed by atoms with Gasteiger partial charge in [0, 0.05) is 12.4 Å². The first kappa shape index (κ1) is 23.5. The summed E-state index contributed by atoms with van der Waals surface area (Å²) in [5.41, 5.74) is 3.05. The zero-order valence-electron chi connectivity index (χ0n) is 19.0. The van der Waals surface area contributed by atoms with Crippen LogP contribution in [0.4, 0.5) is 11.4 Å². The number of unbranched alkanes of at least 4 members (excludes halogenated alkanes) is 4. The Morgan fingerprint density at radius 2 is 1.16 bits per heavy atom.